The molecular formula is C10H15BrN2O2. The molecule has 1 rings (SSSR count). The Hall–Kier alpha value is -0.840. The van der Waals surface area contributed by atoms with Gasteiger partial charge in [-0.1, -0.05) is 21.1 Å². The van der Waals surface area contributed by atoms with E-state index in [1.807, 2.05) is 6.92 Å². The van der Waals surface area contributed by atoms with E-state index in [0.717, 1.165) is 18.2 Å². The third kappa shape index (κ3) is 4.03. The predicted molar refractivity (Wildman–Crippen MR) is 61.2 cm³/mol. The average molecular weight is 275 g/mol. The van der Waals surface area contributed by atoms with E-state index >= 15 is 0 Å². The normalized spacial score (nSPS) is 12.5. The first-order valence-corrected chi connectivity index (χ1v) is 6.05. The van der Waals surface area contributed by atoms with Crippen LogP contribution in [0.3, 0.4) is 0 Å². The molecule has 1 unspecified atom stereocenters. The summed E-state index contributed by atoms with van der Waals surface area (Å²) < 4.78 is 4.83. The van der Waals surface area contributed by atoms with Crippen LogP contribution in [-0.4, -0.2) is 22.4 Å². The molecule has 1 aromatic heterocycles. The Balaban J connectivity index is 2.42. The fourth-order valence-corrected chi connectivity index (χ4v) is 1.55. The number of nitrogens with zero attached hydrogens (tertiary/aromatic N) is 1. The predicted octanol–water partition coefficient (Wildman–Crippen LogP) is 2.28. The van der Waals surface area contributed by atoms with Gasteiger partial charge in [0.2, 0.25) is 0 Å². The summed E-state index contributed by atoms with van der Waals surface area (Å²) in [6.45, 7) is 3.74. The Morgan fingerprint density at radius 3 is 3.00 bits per heavy atom. The summed E-state index contributed by atoms with van der Waals surface area (Å²) in [4.78, 5) is 11.6. The van der Waals surface area contributed by atoms with Gasteiger partial charge in [-0.15, -0.1) is 0 Å². The number of alkyl halides is 1. The van der Waals surface area contributed by atoms with Crippen LogP contribution in [0.1, 0.15) is 36.0 Å². The molecule has 0 radical (unpaired) electrons. The molecule has 0 bridgehead atoms. The molecule has 0 saturated carbocycles. The molecule has 84 valence electrons. The van der Waals surface area contributed by atoms with Crippen LogP contribution in [0.2, 0.25) is 0 Å². The summed E-state index contributed by atoms with van der Waals surface area (Å²) in [7, 11) is 0. The second-order valence-electron chi connectivity index (χ2n) is 3.53. The van der Waals surface area contributed by atoms with Crippen LogP contribution in [0, 0.1) is 6.92 Å². The number of amides is 1. The first-order chi connectivity index (χ1) is 7.13. The first kappa shape index (κ1) is 12.2. The summed E-state index contributed by atoms with van der Waals surface area (Å²) in [5, 5.41) is 7.47. The van der Waals surface area contributed by atoms with Gasteiger partial charge in [0, 0.05) is 17.4 Å². The Kier molecular flexibility index (Phi) is 4.81. The molecule has 1 heterocycles. The van der Waals surface area contributed by atoms with Gasteiger partial charge in [0.1, 0.15) is 5.76 Å². The van der Waals surface area contributed by atoms with Crippen LogP contribution >= 0.6 is 15.9 Å². The number of aromatic nitrogens is 1. The minimum absolute atomic E-state index is 0.159. The highest BCUT2D eigenvalue weighted by atomic mass is 79.9. The van der Waals surface area contributed by atoms with Crippen molar-refractivity contribution in [3.8, 4) is 0 Å². The summed E-state index contributed by atoms with van der Waals surface area (Å²) in [5.41, 5.74) is 0.346. The lowest BCUT2D eigenvalue weighted by Crippen LogP contribution is -2.32. The smallest absolute Gasteiger partial charge is 0.273 e. The van der Waals surface area contributed by atoms with E-state index in [0.29, 0.717) is 11.5 Å². The van der Waals surface area contributed by atoms with E-state index in [-0.39, 0.29) is 11.9 Å². The molecule has 1 N–H and O–H groups in total. The highest BCUT2D eigenvalue weighted by Gasteiger charge is 2.12. The number of aryl methyl sites for hydroxylation is 1. The third-order valence-corrected chi connectivity index (χ3v) is 2.57. The van der Waals surface area contributed by atoms with Crippen molar-refractivity contribution in [3.05, 3.63) is 17.5 Å². The number of hydrogen-bond donors (Lipinski definition) is 1. The van der Waals surface area contributed by atoms with Crippen LogP contribution in [0.5, 0.6) is 0 Å². The van der Waals surface area contributed by atoms with Gasteiger partial charge >= 0.3 is 0 Å². The van der Waals surface area contributed by atoms with E-state index < -0.39 is 0 Å². The molecule has 0 aliphatic carbocycles. The van der Waals surface area contributed by atoms with Crippen LogP contribution in [0.4, 0.5) is 0 Å². The second-order valence-corrected chi connectivity index (χ2v) is 4.32. The largest absolute Gasteiger partial charge is 0.361 e. The number of nitrogens with one attached hydrogen (secondary N) is 1. The van der Waals surface area contributed by atoms with Crippen LogP contribution in [0.25, 0.3) is 0 Å². The lowest BCUT2D eigenvalue weighted by molar-refractivity contribution is 0.0929. The first-order valence-electron chi connectivity index (χ1n) is 4.93. The van der Waals surface area contributed by atoms with Crippen molar-refractivity contribution in [3.63, 3.8) is 0 Å². The zero-order valence-corrected chi connectivity index (χ0v) is 10.5. The molecule has 0 spiro atoms. The molecule has 0 aliphatic heterocycles. The maximum atomic E-state index is 11.6. The molecule has 0 aliphatic rings. The number of carbonyl (C=O) groups is 1. The van der Waals surface area contributed by atoms with Crippen molar-refractivity contribution < 1.29 is 9.32 Å². The maximum Gasteiger partial charge on any atom is 0.273 e. The van der Waals surface area contributed by atoms with Crippen LogP contribution in [-0.2, 0) is 0 Å². The Bertz CT molecular complexity index is 325. The van der Waals surface area contributed by atoms with Gasteiger partial charge in [-0.2, -0.15) is 0 Å². The fraction of sp³-hybridized carbons (Fsp3) is 0.600. The van der Waals surface area contributed by atoms with Gasteiger partial charge in [0.05, 0.1) is 0 Å². The number of carbonyl (C=O) groups excluding carboxylic acids is 1. The molecule has 0 fully saturated rings. The molecule has 0 saturated heterocycles. The van der Waals surface area contributed by atoms with Gasteiger partial charge < -0.3 is 9.84 Å². The standard InChI is InChI=1S/C10H15BrN2O2/c1-7(4-3-5-11)12-10(14)9-6-8(2)15-13-9/h6-7H,3-5H2,1-2H3,(H,12,14). The van der Waals surface area contributed by atoms with Crippen molar-refractivity contribution in [1.29, 1.82) is 0 Å². The Morgan fingerprint density at radius 2 is 2.47 bits per heavy atom. The molecule has 4 nitrogen and oxygen atoms in total. The average Bonchev–Trinajstić information content (AvgIpc) is 2.61. The van der Waals surface area contributed by atoms with Gasteiger partial charge in [-0.25, -0.2) is 0 Å². The van der Waals surface area contributed by atoms with Crippen molar-refractivity contribution >= 4 is 21.8 Å². The van der Waals surface area contributed by atoms with Gasteiger partial charge in [0.15, 0.2) is 5.69 Å². The van der Waals surface area contributed by atoms with Crippen molar-refractivity contribution in [2.75, 3.05) is 5.33 Å². The maximum absolute atomic E-state index is 11.6. The highest BCUT2D eigenvalue weighted by Crippen LogP contribution is 2.04. The minimum atomic E-state index is -0.172. The lowest BCUT2D eigenvalue weighted by atomic mass is 10.2. The summed E-state index contributed by atoms with van der Waals surface area (Å²) >= 11 is 3.35. The van der Waals surface area contributed by atoms with Crippen LogP contribution < -0.4 is 5.32 Å². The monoisotopic (exact) mass is 274 g/mol. The SMILES string of the molecule is Cc1cc(C(=O)NC(C)CCCBr)no1. The summed E-state index contributed by atoms with van der Waals surface area (Å²) in [5.74, 6) is 0.474. The van der Waals surface area contributed by atoms with E-state index in [1.165, 1.54) is 0 Å². The Labute approximate surface area is 97.5 Å². The zero-order valence-electron chi connectivity index (χ0n) is 8.92. The van der Waals surface area contributed by atoms with E-state index in [1.54, 1.807) is 13.0 Å². The quantitative estimate of drug-likeness (QED) is 0.839. The third-order valence-electron chi connectivity index (χ3n) is 2.01. The molecular weight excluding hydrogens is 260 g/mol. The number of rotatable bonds is 5. The Morgan fingerprint density at radius 1 is 1.73 bits per heavy atom. The van der Waals surface area contributed by atoms with Crippen molar-refractivity contribution in [2.45, 2.75) is 32.7 Å². The van der Waals surface area contributed by atoms with Gasteiger partial charge in [-0.3, -0.25) is 4.79 Å². The fourth-order valence-electron chi connectivity index (χ4n) is 1.23. The van der Waals surface area contributed by atoms with Crippen molar-refractivity contribution in [1.82, 2.24) is 10.5 Å². The van der Waals surface area contributed by atoms with E-state index in [4.69, 9.17) is 4.52 Å². The molecule has 1 aromatic rings. The zero-order chi connectivity index (χ0) is 11.3. The summed E-state index contributed by atoms with van der Waals surface area (Å²) in [6.07, 6.45) is 1.99. The molecule has 1 atom stereocenters. The number of halogens is 1. The lowest BCUT2D eigenvalue weighted by Gasteiger charge is -2.11. The van der Waals surface area contributed by atoms with Crippen molar-refractivity contribution in [2.24, 2.45) is 0 Å². The van der Waals surface area contributed by atoms with Gasteiger partial charge in [0.25, 0.3) is 5.91 Å². The minimum Gasteiger partial charge on any atom is -0.361 e. The molecule has 5 heteroatoms. The molecule has 15 heavy (non-hydrogen) atoms. The van der Waals surface area contributed by atoms with E-state index in [9.17, 15) is 4.79 Å². The molecule has 0 aromatic carbocycles. The highest BCUT2D eigenvalue weighted by molar-refractivity contribution is 9.09. The van der Waals surface area contributed by atoms with Crippen LogP contribution in [0.15, 0.2) is 10.6 Å². The van der Waals surface area contributed by atoms with Gasteiger partial charge in [-0.05, 0) is 26.7 Å². The second kappa shape index (κ2) is 5.90. The van der Waals surface area contributed by atoms with E-state index in [2.05, 4.69) is 26.4 Å². The number of hydrogen-bond acceptors (Lipinski definition) is 3. The topological polar surface area (TPSA) is 55.1 Å². The summed E-state index contributed by atoms with van der Waals surface area (Å²) in [6, 6.07) is 1.79. The molecule has 1 amide bonds.